The van der Waals surface area contributed by atoms with Gasteiger partial charge in [-0.3, -0.25) is 14.7 Å². The fourth-order valence-corrected chi connectivity index (χ4v) is 3.15. The maximum absolute atomic E-state index is 12.7. The lowest BCUT2D eigenvalue weighted by atomic mass is 9.96. The van der Waals surface area contributed by atoms with Crippen molar-refractivity contribution in [2.75, 3.05) is 7.11 Å². The van der Waals surface area contributed by atoms with Gasteiger partial charge in [0.2, 0.25) is 5.91 Å². The van der Waals surface area contributed by atoms with Crippen LogP contribution in [0.1, 0.15) is 36.0 Å². The average molecular weight is 328 g/mol. The van der Waals surface area contributed by atoms with E-state index in [-0.39, 0.29) is 5.91 Å². The Balaban J connectivity index is 1.89. The number of carbonyl (C=O) groups is 2. The van der Waals surface area contributed by atoms with Crippen LogP contribution in [0, 0.1) is 0 Å². The van der Waals surface area contributed by atoms with Gasteiger partial charge in [0.15, 0.2) is 0 Å². The maximum Gasteiger partial charge on any atom is 0.255 e. The molecule has 0 saturated heterocycles. The zero-order valence-electron chi connectivity index (χ0n) is 13.5. The van der Waals surface area contributed by atoms with E-state index in [0.717, 1.165) is 18.4 Å². The molecule has 0 unspecified atom stereocenters. The molecule has 0 aliphatic heterocycles. The number of aromatic amines is 1. The summed E-state index contributed by atoms with van der Waals surface area (Å²) in [6, 6.07) is 7.31. The molecule has 1 aliphatic rings. The molecular weight excluding hydrogens is 308 g/mol. The van der Waals surface area contributed by atoms with Gasteiger partial charge in [0.05, 0.1) is 24.6 Å². The third-order valence-electron chi connectivity index (χ3n) is 4.52. The zero-order valence-corrected chi connectivity index (χ0v) is 13.5. The second-order valence-electron chi connectivity index (χ2n) is 6.00. The van der Waals surface area contributed by atoms with Crippen LogP contribution in [0.15, 0.2) is 30.5 Å². The molecule has 3 rings (SSSR count). The van der Waals surface area contributed by atoms with Crippen LogP contribution in [-0.2, 0) is 4.79 Å². The summed E-state index contributed by atoms with van der Waals surface area (Å²) in [4.78, 5) is 24.5. The number of carbonyl (C=O) groups excluding carboxylic acids is 2. The van der Waals surface area contributed by atoms with Gasteiger partial charge in [-0.25, -0.2) is 0 Å². The van der Waals surface area contributed by atoms with E-state index in [0.29, 0.717) is 29.8 Å². The van der Waals surface area contributed by atoms with Gasteiger partial charge in [-0.15, -0.1) is 0 Å². The lowest BCUT2D eigenvalue weighted by Gasteiger charge is -2.26. The number of nitrogens with zero attached hydrogens (tertiary/aromatic N) is 1. The molecule has 0 bridgehead atoms. The molecule has 1 fully saturated rings. The molecule has 0 spiro atoms. The molecule has 0 radical (unpaired) electrons. The highest BCUT2D eigenvalue weighted by Crippen LogP contribution is 2.31. The molecule has 0 atom stereocenters. The highest BCUT2D eigenvalue weighted by molar-refractivity contribution is 6.03. The van der Waals surface area contributed by atoms with E-state index in [1.54, 1.807) is 7.11 Å². The SMILES string of the molecule is COc1cccc(-c2[nH]ncc2C(=O)NC2(C(N)=O)CCCC2)c1. The molecule has 1 aromatic heterocycles. The van der Waals surface area contributed by atoms with Crippen LogP contribution in [-0.4, -0.2) is 34.7 Å². The van der Waals surface area contributed by atoms with Gasteiger partial charge in [-0.05, 0) is 25.0 Å². The van der Waals surface area contributed by atoms with Gasteiger partial charge >= 0.3 is 0 Å². The Kier molecular flexibility index (Phi) is 4.24. The predicted molar refractivity (Wildman–Crippen MR) is 88.4 cm³/mol. The summed E-state index contributed by atoms with van der Waals surface area (Å²) in [6.45, 7) is 0. The molecule has 1 aliphatic carbocycles. The van der Waals surface area contributed by atoms with Gasteiger partial charge < -0.3 is 15.8 Å². The van der Waals surface area contributed by atoms with Crippen LogP contribution < -0.4 is 15.8 Å². The number of benzene rings is 1. The fraction of sp³-hybridized carbons (Fsp3) is 0.353. The molecule has 2 amide bonds. The van der Waals surface area contributed by atoms with Crippen LogP contribution >= 0.6 is 0 Å². The molecule has 24 heavy (non-hydrogen) atoms. The summed E-state index contributed by atoms with van der Waals surface area (Å²) in [6.07, 6.45) is 4.34. The standard InChI is InChI=1S/C17H20N4O3/c1-24-12-6-4-5-11(9-12)14-13(10-19-21-14)15(22)20-17(16(18)23)7-2-3-8-17/h4-6,9-10H,2-3,7-8H2,1H3,(H2,18,23)(H,19,21)(H,20,22). The molecule has 2 aromatic rings. The van der Waals surface area contributed by atoms with Gasteiger partial charge in [-0.2, -0.15) is 5.10 Å². The van der Waals surface area contributed by atoms with Crippen molar-refractivity contribution >= 4 is 11.8 Å². The highest BCUT2D eigenvalue weighted by Gasteiger charge is 2.41. The van der Waals surface area contributed by atoms with Crippen molar-refractivity contribution in [2.45, 2.75) is 31.2 Å². The summed E-state index contributed by atoms with van der Waals surface area (Å²) < 4.78 is 5.21. The smallest absolute Gasteiger partial charge is 0.255 e. The normalized spacial score (nSPS) is 15.9. The van der Waals surface area contributed by atoms with Crippen LogP contribution in [0.5, 0.6) is 5.75 Å². The van der Waals surface area contributed by atoms with Crippen molar-refractivity contribution < 1.29 is 14.3 Å². The van der Waals surface area contributed by atoms with E-state index in [4.69, 9.17) is 10.5 Å². The minimum Gasteiger partial charge on any atom is -0.497 e. The second kappa shape index (κ2) is 6.35. The second-order valence-corrected chi connectivity index (χ2v) is 6.00. The third kappa shape index (κ3) is 2.84. The number of hydrogen-bond donors (Lipinski definition) is 3. The van der Waals surface area contributed by atoms with Gasteiger partial charge in [0.1, 0.15) is 11.3 Å². The zero-order chi connectivity index (χ0) is 17.2. The first kappa shape index (κ1) is 16.0. The summed E-state index contributed by atoms with van der Waals surface area (Å²) >= 11 is 0. The summed E-state index contributed by atoms with van der Waals surface area (Å²) in [5.41, 5.74) is 6.29. The van der Waals surface area contributed by atoms with Crippen molar-refractivity contribution in [2.24, 2.45) is 5.73 Å². The maximum atomic E-state index is 12.7. The van der Waals surface area contributed by atoms with E-state index in [2.05, 4.69) is 15.5 Å². The Hall–Kier alpha value is -2.83. The highest BCUT2D eigenvalue weighted by atomic mass is 16.5. The Morgan fingerprint density at radius 2 is 2.08 bits per heavy atom. The topological polar surface area (TPSA) is 110 Å². The number of aromatic nitrogens is 2. The van der Waals surface area contributed by atoms with E-state index in [1.165, 1.54) is 6.20 Å². The number of hydrogen-bond acceptors (Lipinski definition) is 4. The lowest BCUT2D eigenvalue weighted by molar-refractivity contribution is -0.123. The van der Waals surface area contributed by atoms with Crippen molar-refractivity contribution in [3.8, 4) is 17.0 Å². The molecule has 126 valence electrons. The number of amides is 2. The third-order valence-corrected chi connectivity index (χ3v) is 4.52. The van der Waals surface area contributed by atoms with Gasteiger partial charge in [-0.1, -0.05) is 25.0 Å². The Labute approximate surface area is 139 Å². The molecule has 7 heteroatoms. The first-order valence-electron chi connectivity index (χ1n) is 7.86. The van der Waals surface area contributed by atoms with Crippen molar-refractivity contribution in [1.29, 1.82) is 0 Å². The van der Waals surface area contributed by atoms with E-state index < -0.39 is 11.4 Å². The Bertz CT molecular complexity index is 763. The van der Waals surface area contributed by atoms with Crippen LogP contribution in [0.4, 0.5) is 0 Å². The van der Waals surface area contributed by atoms with Crippen molar-refractivity contribution in [3.63, 3.8) is 0 Å². The van der Waals surface area contributed by atoms with E-state index >= 15 is 0 Å². The van der Waals surface area contributed by atoms with Crippen molar-refractivity contribution in [1.82, 2.24) is 15.5 Å². The lowest BCUT2D eigenvalue weighted by Crippen LogP contribution is -2.55. The first-order valence-corrected chi connectivity index (χ1v) is 7.86. The Morgan fingerprint density at radius 3 is 2.75 bits per heavy atom. The minimum absolute atomic E-state index is 0.359. The molecule has 1 saturated carbocycles. The molecule has 4 N–H and O–H groups in total. The minimum atomic E-state index is -0.958. The van der Waals surface area contributed by atoms with E-state index in [1.807, 2.05) is 24.3 Å². The summed E-state index contributed by atoms with van der Waals surface area (Å²) in [5, 5.41) is 9.64. The van der Waals surface area contributed by atoms with Crippen LogP contribution in [0.2, 0.25) is 0 Å². The number of rotatable bonds is 5. The molecule has 1 heterocycles. The molecular formula is C17H20N4O3. The monoisotopic (exact) mass is 328 g/mol. The number of nitrogens with one attached hydrogen (secondary N) is 2. The molecule has 1 aromatic carbocycles. The number of methoxy groups -OCH3 is 1. The average Bonchev–Trinajstić information content (AvgIpc) is 3.24. The first-order chi connectivity index (χ1) is 11.6. The predicted octanol–water partition coefficient (Wildman–Crippen LogP) is 1.61. The van der Waals surface area contributed by atoms with Crippen LogP contribution in [0.3, 0.4) is 0 Å². The number of nitrogens with two attached hydrogens (primary N) is 1. The largest absolute Gasteiger partial charge is 0.497 e. The van der Waals surface area contributed by atoms with Gasteiger partial charge in [0, 0.05) is 5.56 Å². The fourth-order valence-electron chi connectivity index (χ4n) is 3.15. The van der Waals surface area contributed by atoms with E-state index in [9.17, 15) is 9.59 Å². The van der Waals surface area contributed by atoms with Gasteiger partial charge in [0.25, 0.3) is 5.91 Å². The number of ether oxygens (including phenoxy) is 1. The van der Waals surface area contributed by atoms with Crippen LogP contribution in [0.25, 0.3) is 11.3 Å². The molecule has 7 nitrogen and oxygen atoms in total. The summed E-state index contributed by atoms with van der Waals surface area (Å²) in [5.74, 6) is -0.167. The summed E-state index contributed by atoms with van der Waals surface area (Å²) in [7, 11) is 1.58. The number of H-pyrrole nitrogens is 1. The Morgan fingerprint density at radius 1 is 1.33 bits per heavy atom. The number of primary amides is 1. The van der Waals surface area contributed by atoms with Crippen molar-refractivity contribution in [3.05, 3.63) is 36.0 Å². The quantitative estimate of drug-likeness (QED) is 0.774.